The highest BCUT2D eigenvalue weighted by molar-refractivity contribution is 9.10. The largest absolute Gasteiger partial charge is 0.326 e. The van der Waals surface area contributed by atoms with Crippen LogP contribution in [-0.2, 0) is 11.2 Å². The van der Waals surface area contributed by atoms with Gasteiger partial charge in [0, 0.05) is 17.1 Å². The first-order valence-electron chi connectivity index (χ1n) is 5.34. The number of hydrogen-bond donors (Lipinski definition) is 2. The van der Waals surface area contributed by atoms with Gasteiger partial charge < -0.3 is 10.6 Å². The van der Waals surface area contributed by atoms with E-state index in [-0.39, 0.29) is 5.91 Å². The van der Waals surface area contributed by atoms with Gasteiger partial charge in [-0.3, -0.25) is 4.79 Å². The number of carbonyl (C=O) groups excluding carboxylic acids is 1. The Hall–Kier alpha value is -0.870. The van der Waals surface area contributed by atoms with Gasteiger partial charge in [-0.1, -0.05) is 22.0 Å². The molecule has 88 valence electrons. The average Bonchev–Trinajstić information content (AvgIpc) is 2.20. The van der Waals surface area contributed by atoms with Gasteiger partial charge in [0.05, 0.1) is 0 Å². The van der Waals surface area contributed by atoms with Gasteiger partial charge in [0.25, 0.3) is 0 Å². The van der Waals surface area contributed by atoms with Crippen LogP contribution in [0.5, 0.6) is 0 Å². The second kappa shape index (κ2) is 6.66. The highest BCUT2D eigenvalue weighted by Gasteiger charge is 2.04. The Morgan fingerprint density at radius 1 is 1.44 bits per heavy atom. The van der Waals surface area contributed by atoms with Crippen molar-refractivity contribution in [1.29, 1.82) is 0 Å². The zero-order valence-electron chi connectivity index (χ0n) is 9.64. The van der Waals surface area contributed by atoms with Gasteiger partial charge in [-0.15, -0.1) is 0 Å². The van der Waals surface area contributed by atoms with Gasteiger partial charge in [-0.2, -0.15) is 0 Å². The molecule has 1 aromatic rings. The molecule has 1 rings (SSSR count). The first-order valence-corrected chi connectivity index (χ1v) is 6.13. The average molecular weight is 285 g/mol. The van der Waals surface area contributed by atoms with Crippen molar-refractivity contribution in [2.24, 2.45) is 0 Å². The van der Waals surface area contributed by atoms with E-state index < -0.39 is 0 Å². The summed E-state index contributed by atoms with van der Waals surface area (Å²) < 4.78 is 0.980. The highest BCUT2D eigenvalue weighted by Crippen LogP contribution is 2.22. The fourth-order valence-corrected chi connectivity index (χ4v) is 1.89. The molecular weight excluding hydrogens is 268 g/mol. The second-order valence-corrected chi connectivity index (χ2v) is 4.61. The van der Waals surface area contributed by atoms with Gasteiger partial charge in [-0.05, 0) is 44.1 Å². The number of amides is 1. The van der Waals surface area contributed by atoms with Crippen LogP contribution < -0.4 is 10.6 Å². The molecule has 0 unspecified atom stereocenters. The molecule has 0 saturated heterocycles. The lowest BCUT2D eigenvalue weighted by Gasteiger charge is -2.10. The molecule has 0 heterocycles. The summed E-state index contributed by atoms with van der Waals surface area (Å²) in [5.74, 6) is -0.0343. The van der Waals surface area contributed by atoms with Crippen molar-refractivity contribution in [2.75, 3.05) is 18.9 Å². The van der Waals surface area contributed by atoms with E-state index in [1.165, 1.54) is 12.5 Å². The first kappa shape index (κ1) is 13.2. The number of anilines is 1. The topological polar surface area (TPSA) is 41.1 Å². The summed E-state index contributed by atoms with van der Waals surface area (Å²) in [6.07, 6.45) is 2.02. The Bertz CT molecular complexity index is 366. The Morgan fingerprint density at radius 2 is 2.19 bits per heavy atom. The number of benzene rings is 1. The van der Waals surface area contributed by atoms with Crippen LogP contribution in [-0.4, -0.2) is 19.5 Å². The Morgan fingerprint density at radius 3 is 2.81 bits per heavy atom. The molecule has 0 bridgehead atoms. The van der Waals surface area contributed by atoms with E-state index in [2.05, 4.69) is 26.6 Å². The monoisotopic (exact) mass is 284 g/mol. The van der Waals surface area contributed by atoms with Crippen molar-refractivity contribution < 1.29 is 4.79 Å². The molecule has 16 heavy (non-hydrogen) atoms. The minimum Gasteiger partial charge on any atom is -0.326 e. The molecule has 0 atom stereocenters. The van der Waals surface area contributed by atoms with Crippen molar-refractivity contribution in [3.05, 3.63) is 28.2 Å². The molecule has 0 aliphatic rings. The lowest BCUT2D eigenvalue weighted by Crippen LogP contribution is -2.11. The van der Waals surface area contributed by atoms with E-state index in [1.54, 1.807) is 0 Å². The van der Waals surface area contributed by atoms with Crippen LogP contribution in [0.3, 0.4) is 0 Å². The van der Waals surface area contributed by atoms with E-state index in [0.717, 1.165) is 29.5 Å². The molecule has 0 saturated carbocycles. The lowest BCUT2D eigenvalue weighted by molar-refractivity contribution is -0.114. The second-order valence-electron chi connectivity index (χ2n) is 3.69. The molecule has 1 amide bonds. The van der Waals surface area contributed by atoms with Crippen LogP contribution in [0.2, 0.25) is 0 Å². The molecule has 1 aromatic carbocycles. The lowest BCUT2D eigenvalue weighted by atomic mass is 10.1. The van der Waals surface area contributed by atoms with E-state index in [0.29, 0.717) is 0 Å². The smallest absolute Gasteiger partial charge is 0.221 e. The van der Waals surface area contributed by atoms with Gasteiger partial charge >= 0.3 is 0 Å². The van der Waals surface area contributed by atoms with Crippen LogP contribution in [0.25, 0.3) is 0 Å². The van der Waals surface area contributed by atoms with Crippen molar-refractivity contribution in [3.63, 3.8) is 0 Å². The van der Waals surface area contributed by atoms with E-state index in [1.807, 2.05) is 25.2 Å². The molecule has 0 fully saturated rings. The minimum absolute atomic E-state index is 0.0343. The predicted molar refractivity (Wildman–Crippen MR) is 70.7 cm³/mol. The molecule has 4 heteroatoms. The summed E-state index contributed by atoms with van der Waals surface area (Å²) in [6.45, 7) is 2.51. The maximum Gasteiger partial charge on any atom is 0.221 e. The zero-order valence-corrected chi connectivity index (χ0v) is 11.2. The van der Waals surface area contributed by atoms with Crippen LogP contribution in [0.15, 0.2) is 22.7 Å². The fraction of sp³-hybridized carbons (Fsp3) is 0.417. The number of aryl methyl sites for hydroxylation is 1. The van der Waals surface area contributed by atoms with Crippen molar-refractivity contribution >= 4 is 27.5 Å². The molecule has 0 spiro atoms. The number of rotatable bonds is 5. The van der Waals surface area contributed by atoms with Crippen molar-refractivity contribution in [1.82, 2.24) is 5.32 Å². The third-order valence-electron chi connectivity index (χ3n) is 2.26. The molecule has 3 nitrogen and oxygen atoms in total. The zero-order chi connectivity index (χ0) is 12.0. The quantitative estimate of drug-likeness (QED) is 0.816. The Kier molecular flexibility index (Phi) is 5.49. The number of carbonyl (C=O) groups is 1. The first-order chi connectivity index (χ1) is 7.63. The van der Waals surface area contributed by atoms with E-state index in [4.69, 9.17) is 0 Å². The number of halogens is 1. The summed E-state index contributed by atoms with van der Waals surface area (Å²) >= 11 is 3.40. The van der Waals surface area contributed by atoms with Gasteiger partial charge in [0.15, 0.2) is 0 Å². The number of nitrogens with one attached hydrogen (secondary N) is 2. The fourth-order valence-electron chi connectivity index (χ4n) is 1.53. The Balaban J connectivity index is 2.76. The van der Waals surface area contributed by atoms with Gasteiger partial charge in [0.1, 0.15) is 0 Å². The van der Waals surface area contributed by atoms with Crippen LogP contribution in [0, 0.1) is 0 Å². The van der Waals surface area contributed by atoms with Gasteiger partial charge in [0.2, 0.25) is 5.91 Å². The van der Waals surface area contributed by atoms with Gasteiger partial charge in [-0.25, -0.2) is 0 Å². The van der Waals surface area contributed by atoms with E-state index >= 15 is 0 Å². The van der Waals surface area contributed by atoms with Crippen molar-refractivity contribution in [2.45, 2.75) is 19.8 Å². The maximum absolute atomic E-state index is 11.1. The SMILES string of the molecule is CNCCCc1ccc(Br)cc1NC(C)=O. The standard InChI is InChI=1S/C12H17BrN2O/c1-9(16)15-12-8-11(13)6-5-10(12)4-3-7-14-2/h5-6,8,14H,3-4,7H2,1-2H3,(H,15,16). The summed E-state index contributed by atoms with van der Waals surface area (Å²) in [6, 6.07) is 5.99. The predicted octanol–water partition coefficient (Wildman–Crippen LogP) is 2.56. The third kappa shape index (κ3) is 4.33. The molecule has 0 radical (unpaired) electrons. The summed E-state index contributed by atoms with van der Waals surface area (Å²) in [7, 11) is 1.94. The minimum atomic E-state index is -0.0343. The molecule has 2 N–H and O–H groups in total. The number of hydrogen-bond acceptors (Lipinski definition) is 2. The van der Waals surface area contributed by atoms with Crippen molar-refractivity contribution in [3.8, 4) is 0 Å². The maximum atomic E-state index is 11.1. The normalized spacial score (nSPS) is 10.2. The Labute approximate surface area is 105 Å². The van der Waals surface area contributed by atoms with E-state index in [9.17, 15) is 4.79 Å². The molecule has 0 aromatic heterocycles. The van der Waals surface area contributed by atoms with Crippen LogP contribution >= 0.6 is 15.9 Å². The highest BCUT2D eigenvalue weighted by atomic mass is 79.9. The summed E-state index contributed by atoms with van der Waals surface area (Å²) in [5, 5.41) is 5.96. The molecule has 0 aliphatic heterocycles. The summed E-state index contributed by atoms with van der Waals surface area (Å²) in [4.78, 5) is 11.1. The molecular formula is C12H17BrN2O. The molecule has 0 aliphatic carbocycles. The summed E-state index contributed by atoms with van der Waals surface area (Å²) in [5.41, 5.74) is 2.08. The van der Waals surface area contributed by atoms with Crippen LogP contribution in [0.1, 0.15) is 18.9 Å². The third-order valence-corrected chi connectivity index (χ3v) is 2.75. The van der Waals surface area contributed by atoms with Crippen LogP contribution in [0.4, 0.5) is 5.69 Å².